The Morgan fingerprint density at radius 3 is 2.80 bits per heavy atom. The van der Waals surface area contributed by atoms with Crippen molar-refractivity contribution in [3.8, 4) is 5.75 Å². The largest absolute Gasteiger partial charge is 0.508 e. The Labute approximate surface area is 93.3 Å². The number of aromatic hydroxyl groups is 1. The van der Waals surface area contributed by atoms with E-state index in [2.05, 4.69) is 0 Å². The first-order valence-corrected chi connectivity index (χ1v) is 5.23. The maximum atomic E-state index is 11.9. The number of benzene rings is 1. The van der Waals surface area contributed by atoms with Gasteiger partial charge in [0.05, 0.1) is 10.6 Å². The number of rotatable bonds is 2. The van der Waals surface area contributed by atoms with Gasteiger partial charge in [-0.15, -0.1) is 0 Å². The van der Waals surface area contributed by atoms with Crippen molar-refractivity contribution in [3.05, 3.63) is 28.8 Å². The lowest BCUT2D eigenvalue weighted by atomic mass is 10.2. The summed E-state index contributed by atoms with van der Waals surface area (Å²) in [4.78, 5) is 13.6. The quantitative estimate of drug-likeness (QED) is 0.839. The van der Waals surface area contributed by atoms with Crippen molar-refractivity contribution in [2.24, 2.45) is 0 Å². The first kappa shape index (κ1) is 10.3. The summed E-state index contributed by atoms with van der Waals surface area (Å²) in [5.41, 5.74) is 0.367. The van der Waals surface area contributed by atoms with Crippen LogP contribution in [0.3, 0.4) is 0 Å². The molecule has 80 valence electrons. The SMILES string of the molecule is CN(C(=O)c1cc(O)ccc1Cl)C1CC1. The van der Waals surface area contributed by atoms with Gasteiger partial charge in [0.2, 0.25) is 0 Å². The summed E-state index contributed by atoms with van der Waals surface area (Å²) >= 11 is 5.90. The van der Waals surface area contributed by atoms with Gasteiger partial charge < -0.3 is 10.0 Å². The van der Waals surface area contributed by atoms with Crippen LogP contribution in [0.4, 0.5) is 0 Å². The molecule has 1 N–H and O–H groups in total. The molecule has 0 radical (unpaired) electrons. The number of nitrogens with zero attached hydrogens (tertiary/aromatic N) is 1. The molecule has 3 nitrogen and oxygen atoms in total. The van der Waals surface area contributed by atoms with Crippen LogP contribution in [0.25, 0.3) is 0 Å². The number of carbonyl (C=O) groups excluding carboxylic acids is 1. The van der Waals surface area contributed by atoms with Crippen LogP contribution in [0.2, 0.25) is 5.02 Å². The summed E-state index contributed by atoms with van der Waals surface area (Å²) in [6.07, 6.45) is 2.11. The van der Waals surface area contributed by atoms with E-state index in [1.165, 1.54) is 18.2 Å². The Morgan fingerprint density at radius 1 is 1.53 bits per heavy atom. The van der Waals surface area contributed by atoms with Gasteiger partial charge in [-0.3, -0.25) is 4.79 Å². The van der Waals surface area contributed by atoms with Gasteiger partial charge >= 0.3 is 0 Å². The van der Waals surface area contributed by atoms with E-state index < -0.39 is 0 Å². The predicted octanol–water partition coefficient (Wildman–Crippen LogP) is 2.28. The molecule has 1 aliphatic carbocycles. The molecule has 0 aromatic heterocycles. The van der Waals surface area contributed by atoms with E-state index in [9.17, 15) is 9.90 Å². The standard InChI is InChI=1S/C11H12ClNO2/c1-13(7-2-3-7)11(15)9-6-8(14)4-5-10(9)12/h4-7,14H,2-3H2,1H3. The van der Waals surface area contributed by atoms with Gasteiger partial charge in [-0.05, 0) is 31.0 Å². The van der Waals surface area contributed by atoms with Crippen LogP contribution in [0.15, 0.2) is 18.2 Å². The van der Waals surface area contributed by atoms with Crippen LogP contribution in [0.5, 0.6) is 5.75 Å². The predicted molar refractivity (Wildman–Crippen MR) is 58.2 cm³/mol. The first-order valence-electron chi connectivity index (χ1n) is 4.85. The second kappa shape index (κ2) is 3.74. The molecule has 0 bridgehead atoms. The fourth-order valence-corrected chi connectivity index (χ4v) is 1.69. The van der Waals surface area contributed by atoms with Gasteiger partial charge in [0.1, 0.15) is 5.75 Å². The number of hydrogen-bond donors (Lipinski definition) is 1. The minimum Gasteiger partial charge on any atom is -0.508 e. The van der Waals surface area contributed by atoms with Crippen molar-refractivity contribution in [2.45, 2.75) is 18.9 Å². The van der Waals surface area contributed by atoms with Crippen LogP contribution < -0.4 is 0 Å². The van der Waals surface area contributed by atoms with Crippen LogP contribution in [-0.2, 0) is 0 Å². The van der Waals surface area contributed by atoms with Crippen LogP contribution >= 0.6 is 11.6 Å². The molecule has 0 aliphatic heterocycles. The zero-order valence-electron chi connectivity index (χ0n) is 8.40. The van der Waals surface area contributed by atoms with Gasteiger partial charge in [0.25, 0.3) is 5.91 Å². The van der Waals surface area contributed by atoms with Gasteiger partial charge in [-0.25, -0.2) is 0 Å². The van der Waals surface area contributed by atoms with E-state index >= 15 is 0 Å². The monoisotopic (exact) mass is 225 g/mol. The van der Waals surface area contributed by atoms with E-state index in [4.69, 9.17) is 11.6 Å². The van der Waals surface area contributed by atoms with Gasteiger partial charge in [0, 0.05) is 13.1 Å². The topological polar surface area (TPSA) is 40.5 Å². The molecule has 0 spiro atoms. The van der Waals surface area contributed by atoms with Crippen molar-refractivity contribution in [1.29, 1.82) is 0 Å². The average Bonchev–Trinajstić information content (AvgIpc) is 3.03. The normalized spacial score (nSPS) is 15.1. The summed E-state index contributed by atoms with van der Waals surface area (Å²) in [6, 6.07) is 4.75. The molecule has 4 heteroatoms. The number of hydrogen-bond acceptors (Lipinski definition) is 2. The summed E-state index contributed by atoms with van der Waals surface area (Å²) in [5.74, 6) is -0.0645. The molecule has 2 rings (SSSR count). The zero-order valence-corrected chi connectivity index (χ0v) is 9.16. The summed E-state index contributed by atoms with van der Waals surface area (Å²) in [7, 11) is 1.76. The lowest BCUT2D eigenvalue weighted by Crippen LogP contribution is -2.28. The van der Waals surface area contributed by atoms with E-state index in [0.29, 0.717) is 16.6 Å². The third-order valence-electron chi connectivity index (χ3n) is 2.60. The smallest absolute Gasteiger partial charge is 0.255 e. The molecule has 15 heavy (non-hydrogen) atoms. The van der Waals surface area contributed by atoms with Crippen LogP contribution in [0, 0.1) is 0 Å². The summed E-state index contributed by atoms with van der Waals surface area (Å²) < 4.78 is 0. The highest BCUT2D eigenvalue weighted by Gasteiger charge is 2.30. The van der Waals surface area contributed by atoms with E-state index in [0.717, 1.165) is 12.8 Å². The lowest BCUT2D eigenvalue weighted by Gasteiger charge is -2.16. The highest BCUT2D eigenvalue weighted by molar-refractivity contribution is 6.33. The maximum absolute atomic E-state index is 11.9. The van der Waals surface area contributed by atoms with Crippen LogP contribution in [-0.4, -0.2) is 29.0 Å². The molecule has 1 aromatic carbocycles. The molecule has 1 fully saturated rings. The van der Waals surface area contributed by atoms with Crippen molar-refractivity contribution in [3.63, 3.8) is 0 Å². The molecule has 0 heterocycles. The van der Waals surface area contributed by atoms with E-state index in [1.807, 2.05) is 0 Å². The first-order chi connectivity index (χ1) is 7.09. The summed E-state index contributed by atoms with van der Waals surface area (Å²) in [5, 5.41) is 9.67. The minimum absolute atomic E-state index is 0.0620. The van der Waals surface area contributed by atoms with E-state index in [-0.39, 0.29) is 11.7 Å². The lowest BCUT2D eigenvalue weighted by molar-refractivity contribution is 0.0785. The molecule has 0 saturated heterocycles. The van der Waals surface area contributed by atoms with Gasteiger partial charge in [-0.2, -0.15) is 0 Å². The molecule has 0 unspecified atom stereocenters. The Hall–Kier alpha value is -1.22. The van der Waals surface area contributed by atoms with Crippen molar-refractivity contribution in [2.75, 3.05) is 7.05 Å². The third-order valence-corrected chi connectivity index (χ3v) is 2.92. The van der Waals surface area contributed by atoms with Crippen molar-refractivity contribution in [1.82, 2.24) is 4.90 Å². The van der Waals surface area contributed by atoms with Crippen LogP contribution in [0.1, 0.15) is 23.2 Å². The maximum Gasteiger partial charge on any atom is 0.255 e. The second-order valence-electron chi connectivity index (χ2n) is 3.81. The Kier molecular flexibility index (Phi) is 2.57. The molecule has 1 aliphatic rings. The number of amides is 1. The minimum atomic E-state index is -0.126. The Morgan fingerprint density at radius 2 is 2.20 bits per heavy atom. The molecular weight excluding hydrogens is 214 g/mol. The number of carbonyl (C=O) groups is 1. The molecule has 1 amide bonds. The Balaban J connectivity index is 2.27. The fourth-order valence-electron chi connectivity index (χ4n) is 1.49. The number of phenolic OH excluding ortho intramolecular Hbond substituents is 1. The van der Waals surface area contributed by atoms with Crippen molar-refractivity contribution < 1.29 is 9.90 Å². The fraction of sp³-hybridized carbons (Fsp3) is 0.364. The number of phenols is 1. The van der Waals surface area contributed by atoms with Gasteiger partial charge in [-0.1, -0.05) is 11.6 Å². The molecule has 0 atom stereocenters. The highest BCUT2D eigenvalue weighted by atomic mass is 35.5. The molecular formula is C11H12ClNO2. The third kappa shape index (κ3) is 2.07. The zero-order chi connectivity index (χ0) is 11.0. The average molecular weight is 226 g/mol. The van der Waals surface area contributed by atoms with Gasteiger partial charge in [0.15, 0.2) is 0 Å². The second-order valence-corrected chi connectivity index (χ2v) is 4.22. The Bertz CT molecular complexity index is 402. The van der Waals surface area contributed by atoms with E-state index in [1.54, 1.807) is 11.9 Å². The molecule has 1 aromatic rings. The highest BCUT2D eigenvalue weighted by Crippen LogP contribution is 2.29. The van der Waals surface area contributed by atoms with Crippen molar-refractivity contribution >= 4 is 17.5 Å². The summed E-state index contributed by atoms with van der Waals surface area (Å²) in [6.45, 7) is 0. The molecule has 1 saturated carbocycles. The number of halogens is 1.